The first-order valence-electron chi connectivity index (χ1n) is 4.69. The lowest BCUT2D eigenvalue weighted by Crippen LogP contribution is -2.12. The second-order valence-corrected chi connectivity index (χ2v) is 3.11. The first-order chi connectivity index (χ1) is 7.77. The highest BCUT2D eigenvalue weighted by molar-refractivity contribution is 5.69. The van der Waals surface area contributed by atoms with Gasteiger partial charge in [-0.15, -0.1) is 0 Å². The van der Waals surface area contributed by atoms with Crippen molar-refractivity contribution in [1.29, 1.82) is 0 Å². The molecule has 2 aromatic rings. The molecule has 0 aliphatic carbocycles. The summed E-state index contributed by atoms with van der Waals surface area (Å²) in [6.45, 7) is 1.92. The molecule has 82 valence electrons. The Bertz CT molecular complexity index is 481. The predicted octanol–water partition coefficient (Wildman–Crippen LogP) is 1.17. The fraction of sp³-hybridized carbons (Fsp3) is 0.200. The zero-order valence-electron chi connectivity index (χ0n) is 8.70. The van der Waals surface area contributed by atoms with Gasteiger partial charge in [0.2, 0.25) is 0 Å². The van der Waals surface area contributed by atoms with E-state index in [4.69, 9.17) is 4.74 Å². The number of ether oxygens (including phenoxy) is 1. The van der Waals surface area contributed by atoms with Gasteiger partial charge in [-0.3, -0.25) is 9.97 Å². The summed E-state index contributed by atoms with van der Waals surface area (Å²) in [5, 5.41) is 0. The average Bonchev–Trinajstić information content (AvgIpc) is 2.81. The molecule has 0 bridgehead atoms. The van der Waals surface area contributed by atoms with Crippen LogP contribution in [-0.4, -0.2) is 25.6 Å². The zero-order chi connectivity index (χ0) is 11.4. The Labute approximate surface area is 91.9 Å². The van der Waals surface area contributed by atoms with Crippen LogP contribution < -0.4 is 0 Å². The molecular weight excluding hydrogens is 208 g/mol. The Morgan fingerprint density at radius 3 is 2.88 bits per heavy atom. The third kappa shape index (κ3) is 2.22. The summed E-state index contributed by atoms with van der Waals surface area (Å²) in [6, 6.07) is 0. The maximum Gasteiger partial charge on any atom is 0.419 e. The van der Waals surface area contributed by atoms with Crippen molar-refractivity contribution < 1.29 is 9.53 Å². The Balaban J connectivity index is 1.98. The van der Waals surface area contributed by atoms with Crippen LogP contribution in [0.15, 0.2) is 31.1 Å². The van der Waals surface area contributed by atoms with Crippen molar-refractivity contribution in [2.75, 3.05) is 0 Å². The molecule has 0 N–H and O–H groups in total. The van der Waals surface area contributed by atoms with Crippen molar-refractivity contribution in [2.45, 2.75) is 13.5 Å². The summed E-state index contributed by atoms with van der Waals surface area (Å²) < 4.78 is 6.29. The molecule has 0 unspecified atom stereocenters. The van der Waals surface area contributed by atoms with Gasteiger partial charge in [0.05, 0.1) is 11.4 Å². The highest BCUT2D eigenvalue weighted by Crippen LogP contribution is 2.02. The molecule has 0 fully saturated rings. The molecule has 16 heavy (non-hydrogen) atoms. The van der Waals surface area contributed by atoms with Crippen LogP contribution in [0.1, 0.15) is 11.4 Å². The molecule has 0 saturated heterocycles. The lowest BCUT2D eigenvalue weighted by molar-refractivity contribution is 0.139. The van der Waals surface area contributed by atoms with Crippen LogP contribution in [0, 0.1) is 6.92 Å². The van der Waals surface area contributed by atoms with E-state index in [0.717, 1.165) is 5.69 Å². The third-order valence-electron chi connectivity index (χ3n) is 2.03. The first kappa shape index (κ1) is 10.3. The molecule has 0 atom stereocenters. The van der Waals surface area contributed by atoms with Crippen molar-refractivity contribution in [3.63, 3.8) is 0 Å². The average molecular weight is 218 g/mol. The molecule has 6 heteroatoms. The van der Waals surface area contributed by atoms with Crippen molar-refractivity contribution in [3.05, 3.63) is 42.5 Å². The number of carbonyl (C=O) groups excluding carboxylic acids is 1. The third-order valence-corrected chi connectivity index (χ3v) is 2.03. The highest BCUT2D eigenvalue weighted by atomic mass is 16.5. The van der Waals surface area contributed by atoms with Crippen molar-refractivity contribution in [2.24, 2.45) is 0 Å². The van der Waals surface area contributed by atoms with Gasteiger partial charge in [0, 0.05) is 24.8 Å². The minimum atomic E-state index is -0.484. The van der Waals surface area contributed by atoms with Gasteiger partial charge in [0.15, 0.2) is 0 Å². The van der Waals surface area contributed by atoms with Gasteiger partial charge >= 0.3 is 6.09 Å². The number of carbonyl (C=O) groups is 1. The zero-order valence-corrected chi connectivity index (χ0v) is 8.70. The molecule has 0 saturated carbocycles. The number of aryl methyl sites for hydroxylation is 1. The minimum Gasteiger partial charge on any atom is -0.442 e. The topological polar surface area (TPSA) is 69.9 Å². The summed E-state index contributed by atoms with van der Waals surface area (Å²) in [6.07, 6.45) is 7.08. The number of nitrogens with zero attached hydrogens (tertiary/aromatic N) is 4. The maximum absolute atomic E-state index is 11.4. The van der Waals surface area contributed by atoms with E-state index in [1.54, 1.807) is 12.4 Å². The Morgan fingerprint density at radius 2 is 2.19 bits per heavy atom. The smallest absolute Gasteiger partial charge is 0.419 e. The summed E-state index contributed by atoms with van der Waals surface area (Å²) in [5.41, 5.74) is 1.40. The Kier molecular flexibility index (Phi) is 2.90. The van der Waals surface area contributed by atoms with Crippen LogP contribution in [0.2, 0.25) is 0 Å². The molecule has 0 amide bonds. The standard InChI is InChI=1S/C10H10N4O2/c1-8-9(13-3-2-12-8)6-16-10(15)14-5-4-11-7-14/h2-5,7H,6H2,1H3. The SMILES string of the molecule is Cc1nccnc1COC(=O)n1ccnc1. The summed E-state index contributed by atoms with van der Waals surface area (Å²) in [4.78, 5) is 23.3. The molecule has 0 radical (unpaired) electrons. The minimum absolute atomic E-state index is 0.108. The van der Waals surface area contributed by atoms with Gasteiger partial charge < -0.3 is 4.74 Å². The van der Waals surface area contributed by atoms with E-state index < -0.39 is 6.09 Å². The summed E-state index contributed by atoms with van der Waals surface area (Å²) >= 11 is 0. The number of hydrogen-bond acceptors (Lipinski definition) is 5. The highest BCUT2D eigenvalue weighted by Gasteiger charge is 2.07. The van der Waals surface area contributed by atoms with Crippen LogP contribution in [0.5, 0.6) is 0 Å². The lowest BCUT2D eigenvalue weighted by atomic mass is 10.3. The second kappa shape index (κ2) is 4.52. The van der Waals surface area contributed by atoms with Crippen LogP contribution in [0.3, 0.4) is 0 Å². The second-order valence-electron chi connectivity index (χ2n) is 3.11. The van der Waals surface area contributed by atoms with Gasteiger partial charge in [-0.1, -0.05) is 0 Å². The van der Waals surface area contributed by atoms with Gasteiger partial charge in [-0.25, -0.2) is 14.3 Å². The number of imidazole rings is 1. The van der Waals surface area contributed by atoms with Gasteiger partial charge in [0.25, 0.3) is 0 Å². The van der Waals surface area contributed by atoms with Gasteiger partial charge in [-0.2, -0.15) is 0 Å². The molecule has 0 aliphatic heterocycles. The molecule has 0 aliphatic rings. The van der Waals surface area contributed by atoms with Crippen molar-refractivity contribution >= 4 is 6.09 Å². The van der Waals surface area contributed by atoms with E-state index in [-0.39, 0.29) is 6.61 Å². The van der Waals surface area contributed by atoms with E-state index in [9.17, 15) is 4.79 Å². The molecule has 2 heterocycles. The molecular formula is C10H10N4O2. The molecule has 0 aromatic carbocycles. The lowest BCUT2D eigenvalue weighted by Gasteiger charge is -2.05. The van der Waals surface area contributed by atoms with Crippen molar-refractivity contribution in [3.8, 4) is 0 Å². The van der Waals surface area contributed by atoms with Crippen molar-refractivity contribution in [1.82, 2.24) is 19.5 Å². The largest absolute Gasteiger partial charge is 0.442 e. The molecule has 2 rings (SSSR count). The normalized spacial score (nSPS) is 10.1. The number of rotatable bonds is 2. The van der Waals surface area contributed by atoms with Crippen LogP contribution in [0.4, 0.5) is 4.79 Å². The number of hydrogen-bond donors (Lipinski definition) is 0. The van der Waals surface area contributed by atoms with E-state index in [2.05, 4.69) is 15.0 Å². The monoisotopic (exact) mass is 218 g/mol. The van der Waals surface area contributed by atoms with Crippen LogP contribution in [0.25, 0.3) is 0 Å². The molecule has 2 aromatic heterocycles. The van der Waals surface area contributed by atoms with Gasteiger partial charge in [0.1, 0.15) is 12.9 Å². The van der Waals surface area contributed by atoms with E-state index in [1.165, 1.54) is 23.3 Å². The Hall–Kier alpha value is -2.24. The summed E-state index contributed by atoms with van der Waals surface area (Å²) in [5.74, 6) is 0. The first-order valence-corrected chi connectivity index (χ1v) is 4.69. The van der Waals surface area contributed by atoms with E-state index >= 15 is 0 Å². The fourth-order valence-electron chi connectivity index (χ4n) is 1.15. The fourth-order valence-corrected chi connectivity index (χ4v) is 1.15. The van der Waals surface area contributed by atoms with Crippen LogP contribution >= 0.6 is 0 Å². The van der Waals surface area contributed by atoms with Crippen LogP contribution in [-0.2, 0) is 11.3 Å². The molecule has 6 nitrogen and oxygen atoms in total. The van der Waals surface area contributed by atoms with E-state index in [0.29, 0.717) is 5.69 Å². The Morgan fingerprint density at radius 1 is 1.38 bits per heavy atom. The van der Waals surface area contributed by atoms with Gasteiger partial charge in [-0.05, 0) is 6.92 Å². The van der Waals surface area contributed by atoms with E-state index in [1.807, 2.05) is 6.92 Å². The summed E-state index contributed by atoms with van der Waals surface area (Å²) in [7, 11) is 0. The predicted molar refractivity (Wildman–Crippen MR) is 54.6 cm³/mol. The number of aromatic nitrogens is 4. The molecule has 0 spiro atoms. The quantitative estimate of drug-likeness (QED) is 0.756. The maximum atomic E-state index is 11.4.